The highest BCUT2D eigenvalue weighted by Crippen LogP contribution is 2.15. The largest absolute Gasteiger partial charge is 0.497 e. The smallest absolute Gasteiger partial charge is 0.267 e. The van der Waals surface area contributed by atoms with E-state index in [1.807, 2.05) is 24.3 Å². The van der Waals surface area contributed by atoms with Gasteiger partial charge in [-0.3, -0.25) is 9.59 Å². The quantitative estimate of drug-likeness (QED) is 0.330. The minimum absolute atomic E-state index is 0.100. The van der Waals surface area contributed by atoms with Gasteiger partial charge in [0.2, 0.25) is 0 Å². The Morgan fingerprint density at radius 3 is 2.50 bits per heavy atom. The minimum Gasteiger partial charge on any atom is -0.497 e. The molecule has 1 heterocycles. The van der Waals surface area contributed by atoms with E-state index in [0.29, 0.717) is 28.6 Å². The first kappa shape index (κ1) is 23.5. The Balaban J connectivity index is 1.56. The first-order valence-electron chi connectivity index (χ1n) is 9.86. The van der Waals surface area contributed by atoms with Crippen molar-refractivity contribution in [3.05, 3.63) is 94.5 Å². The summed E-state index contributed by atoms with van der Waals surface area (Å²) in [5.74, 6) is 1.84. The van der Waals surface area contributed by atoms with E-state index in [-0.39, 0.29) is 5.70 Å². The van der Waals surface area contributed by atoms with Gasteiger partial charge in [-0.15, -0.1) is 0 Å². The molecule has 3 rings (SSSR count). The van der Waals surface area contributed by atoms with Crippen LogP contribution in [0.25, 0.3) is 6.08 Å². The molecule has 0 saturated carbocycles. The number of carbonyl (C=O) groups excluding carboxylic acids is 2. The van der Waals surface area contributed by atoms with Crippen molar-refractivity contribution < 1.29 is 18.7 Å². The van der Waals surface area contributed by atoms with Crippen LogP contribution in [0.2, 0.25) is 5.02 Å². The Hall–Kier alpha value is -3.16. The van der Waals surface area contributed by atoms with Crippen LogP contribution in [0, 0.1) is 0 Å². The molecule has 166 valence electrons. The normalized spacial score (nSPS) is 11.1. The summed E-state index contributed by atoms with van der Waals surface area (Å²) >= 11 is 7.59. The van der Waals surface area contributed by atoms with Crippen molar-refractivity contribution in [3.63, 3.8) is 0 Å². The third-order valence-corrected chi connectivity index (χ3v) is 5.67. The second kappa shape index (κ2) is 12.0. The molecule has 3 aromatic rings. The summed E-state index contributed by atoms with van der Waals surface area (Å²) in [6.07, 6.45) is 3.00. The molecule has 32 heavy (non-hydrogen) atoms. The molecule has 0 fully saturated rings. The number of rotatable bonds is 10. The Labute approximate surface area is 196 Å². The van der Waals surface area contributed by atoms with Gasteiger partial charge in [-0.2, -0.15) is 11.8 Å². The molecule has 0 radical (unpaired) electrons. The Bertz CT molecular complexity index is 1050. The molecule has 0 aliphatic heterocycles. The lowest BCUT2D eigenvalue weighted by molar-refractivity contribution is -0.117. The van der Waals surface area contributed by atoms with Crippen molar-refractivity contribution >= 4 is 41.3 Å². The van der Waals surface area contributed by atoms with Crippen LogP contribution in [0.5, 0.6) is 5.75 Å². The number of hydrogen-bond acceptors (Lipinski definition) is 5. The molecule has 0 atom stereocenters. The number of ether oxygens (including phenoxy) is 1. The fraction of sp³-hybridized carbons (Fsp3) is 0.167. The molecule has 0 bridgehead atoms. The summed E-state index contributed by atoms with van der Waals surface area (Å²) in [5.41, 5.74) is 1.67. The van der Waals surface area contributed by atoms with Gasteiger partial charge in [0.1, 0.15) is 17.2 Å². The zero-order valence-corrected chi connectivity index (χ0v) is 19.0. The summed E-state index contributed by atoms with van der Waals surface area (Å²) in [5, 5.41) is 6.22. The van der Waals surface area contributed by atoms with Crippen molar-refractivity contribution in [2.45, 2.75) is 5.75 Å². The van der Waals surface area contributed by atoms with Gasteiger partial charge in [-0.25, -0.2) is 0 Å². The van der Waals surface area contributed by atoms with Gasteiger partial charge in [0, 0.05) is 34.7 Å². The molecular weight excluding hydrogens is 448 g/mol. The molecule has 0 aliphatic carbocycles. The monoisotopic (exact) mass is 470 g/mol. The highest BCUT2D eigenvalue weighted by Gasteiger charge is 2.15. The summed E-state index contributed by atoms with van der Waals surface area (Å²) < 4.78 is 10.4. The fourth-order valence-electron chi connectivity index (χ4n) is 2.71. The van der Waals surface area contributed by atoms with Gasteiger partial charge in [0.25, 0.3) is 11.8 Å². The van der Waals surface area contributed by atoms with E-state index in [4.69, 9.17) is 20.8 Å². The van der Waals surface area contributed by atoms with Crippen molar-refractivity contribution in [1.82, 2.24) is 10.6 Å². The van der Waals surface area contributed by atoms with Gasteiger partial charge < -0.3 is 19.8 Å². The molecule has 0 saturated heterocycles. The highest BCUT2D eigenvalue weighted by molar-refractivity contribution is 7.98. The molecule has 0 aliphatic rings. The average Bonchev–Trinajstić information content (AvgIpc) is 3.32. The first-order chi connectivity index (χ1) is 15.5. The molecular formula is C24H23ClN2O4S. The highest BCUT2D eigenvalue weighted by atomic mass is 35.5. The molecule has 8 heteroatoms. The zero-order valence-electron chi connectivity index (χ0n) is 17.5. The van der Waals surface area contributed by atoms with Crippen molar-refractivity contribution in [3.8, 4) is 5.75 Å². The predicted molar refractivity (Wildman–Crippen MR) is 128 cm³/mol. The molecule has 2 N–H and O–H groups in total. The van der Waals surface area contributed by atoms with Crippen LogP contribution >= 0.6 is 23.4 Å². The van der Waals surface area contributed by atoms with Crippen LogP contribution in [0.1, 0.15) is 21.7 Å². The first-order valence-corrected chi connectivity index (χ1v) is 11.4. The van der Waals surface area contributed by atoms with Crippen LogP contribution in [0.15, 0.2) is 77.0 Å². The third kappa shape index (κ3) is 7.21. The predicted octanol–water partition coefficient (Wildman–Crippen LogP) is 4.76. The second-order valence-electron chi connectivity index (χ2n) is 6.69. The molecule has 2 amide bonds. The van der Waals surface area contributed by atoms with Crippen molar-refractivity contribution in [2.75, 3.05) is 19.4 Å². The summed E-state index contributed by atoms with van der Waals surface area (Å²) in [6, 6.07) is 17.7. The number of benzene rings is 2. The number of hydrogen-bond donors (Lipinski definition) is 2. The van der Waals surface area contributed by atoms with Gasteiger partial charge in [0.15, 0.2) is 0 Å². The zero-order chi connectivity index (χ0) is 22.8. The SMILES string of the molecule is COc1ccc(C(=O)N/C(=C\c2ccco2)C(=O)NCCSCc2ccc(Cl)cc2)cc1. The lowest BCUT2D eigenvalue weighted by atomic mass is 10.2. The van der Waals surface area contributed by atoms with Gasteiger partial charge in [-0.05, 0) is 54.1 Å². The second-order valence-corrected chi connectivity index (χ2v) is 8.23. The maximum atomic E-state index is 12.7. The number of thioether (sulfide) groups is 1. The summed E-state index contributed by atoms with van der Waals surface area (Å²) in [4.78, 5) is 25.4. The summed E-state index contributed by atoms with van der Waals surface area (Å²) in [7, 11) is 1.55. The number of carbonyl (C=O) groups is 2. The van der Waals surface area contributed by atoms with Crippen LogP contribution in [0.4, 0.5) is 0 Å². The number of methoxy groups -OCH3 is 1. The van der Waals surface area contributed by atoms with E-state index in [1.165, 1.54) is 12.3 Å². The lowest BCUT2D eigenvalue weighted by Gasteiger charge is -2.11. The number of nitrogens with one attached hydrogen (secondary N) is 2. The van der Waals surface area contributed by atoms with Crippen LogP contribution in [0.3, 0.4) is 0 Å². The summed E-state index contributed by atoms with van der Waals surface area (Å²) in [6.45, 7) is 0.449. The molecule has 0 unspecified atom stereocenters. The lowest BCUT2D eigenvalue weighted by Crippen LogP contribution is -2.35. The number of amides is 2. The average molecular weight is 471 g/mol. The van der Waals surface area contributed by atoms with E-state index in [2.05, 4.69) is 10.6 Å². The van der Waals surface area contributed by atoms with E-state index < -0.39 is 11.8 Å². The maximum Gasteiger partial charge on any atom is 0.267 e. The Kier molecular flexibility index (Phi) is 8.83. The van der Waals surface area contributed by atoms with E-state index >= 15 is 0 Å². The Morgan fingerprint density at radius 2 is 1.84 bits per heavy atom. The third-order valence-electron chi connectivity index (χ3n) is 4.39. The van der Waals surface area contributed by atoms with E-state index in [0.717, 1.165) is 17.1 Å². The van der Waals surface area contributed by atoms with Crippen molar-refractivity contribution in [1.29, 1.82) is 0 Å². The Morgan fingerprint density at radius 1 is 1.09 bits per heavy atom. The molecule has 1 aromatic heterocycles. The van der Waals surface area contributed by atoms with Gasteiger partial charge >= 0.3 is 0 Å². The van der Waals surface area contributed by atoms with Gasteiger partial charge in [-0.1, -0.05) is 23.7 Å². The minimum atomic E-state index is -0.405. The van der Waals surface area contributed by atoms with Crippen molar-refractivity contribution in [2.24, 2.45) is 0 Å². The van der Waals surface area contributed by atoms with Crippen LogP contribution < -0.4 is 15.4 Å². The standard InChI is InChI=1S/C24H23ClN2O4S/c1-30-20-10-6-18(7-11-20)23(28)27-22(15-21-3-2-13-31-21)24(29)26-12-14-32-16-17-4-8-19(25)9-5-17/h2-11,13,15H,12,14,16H2,1H3,(H,26,29)(H,27,28)/b22-15-. The van der Waals surface area contributed by atoms with Crippen LogP contribution in [-0.2, 0) is 10.5 Å². The molecule has 0 spiro atoms. The molecule has 2 aromatic carbocycles. The number of furan rings is 1. The van der Waals surface area contributed by atoms with E-state index in [9.17, 15) is 9.59 Å². The van der Waals surface area contributed by atoms with E-state index in [1.54, 1.807) is 55.3 Å². The molecule has 6 nitrogen and oxygen atoms in total. The van der Waals surface area contributed by atoms with Crippen LogP contribution in [-0.4, -0.2) is 31.2 Å². The number of halogens is 1. The fourth-order valence-corrected chi connectivity index (χ4v) is 3.66. The maximum absolute atomic E-state index is 12.7. The van der Waals surface area contributed by atoms with Gasteiger partial charge in [0.05, 0.1) is 13.4 Å². The topological polar surface area (TPSA) is 80.6 Å².